The topological polar surface area (TPSA) is 110 Å². The summed E-state index contributed by atoms with van der Waals surface area (Å²) in [6, 6.07) is 0. The summed E-state index contributed by atoms with van der Waals surface area (Å²) in [6.07, 6.45) is 4.48. The highest BCUT2D eigenvalue weighted by atomic mass is 32.1. The summed E-state index contributed by atoms with van der Waals surface area (Å²) in [5, 5.41) is 25.0. The second-order valence-corrected chi connectivity index (χ2v) is 8.98. The molecule has 2 aromatic rings. The standard InChI is InChI=1S/C15H18N6O2S2/c1-7(22)16-13-20-18-11(24-13)9-3-15(4-9)5-10(6-15)12-19-21-14(25-12)17-8(2)23/h9-10H,3-6H2,1-2H3,(H,16,20,22)(H,17,21,23)/t9-,10-,15?. The Morgan fingerprint density at radius 1 is 0.840 bits per heavy atom. The van der Waals surface area contributed by atoms with Crippen molar-refractivity contribution in [2.75, 3.05) is 10.6 Å². The molecule has 2 amide bonds. The monoisotopic (exact) mass is 378 g/mol. The quantitative estimate of drug-likeness (QED) is 0.846. The Morgan fingerprint density at radius 2 is 1.24 bits per heavy atom. The van der Waals surface area contributed by atoms with Gasteiger partial charge in [0, 0.05) is 25.7 Å². The van der Waals surface area contributed by atoms with Gasteiger partial charge in [-0.3, -0.25) is 9.59 Å². The smallest absolute Gasteiger partial charge is 0.223 e. The number of amides is 2. The maximum Gasteiger partial charge on any atom is 0.223 e. The number of hydrogen-bond donors (Lipinski definition) is 2. The predicted molar refractivity (Wildman–Crippen MR) is 94.8 cm³/mol. The third-order valence-electron chi connectivity index (χ3n) is 4.86. The van der Waals surface area contributed by atoms with E-state index in [1.807, 2.05) is 0 Å². The zero-order valence-corrected chi connectivity index (χ0v) is 15.5. The number of carbonyl (C=O) groups excluding carboxylic acids is 2. The van der Waals surface area contributed by atoms with Crippen molar-refractivity contribution in [3.05, 3.63) is 10.0 Å². The summed E-state index contributed by atoms with van der Waals surface area (Å²) >= 11 is 2.94. The van der Waals surface area contributed by atoms with Crippen molar-refractivity contribution in [1.29, 1.82) is 0 Å². The van der Waals surface area contributed by atoms with Crippen molar-refractivity contribution in [3.8, 4) is 0 Å². The lowest BCUT2D eigenvalue weighted by Crippen LogP contribution is -2.45. The average molecular weight is 378 g/mol. The van der Waals surface area contributed by atoms with Crippen LogP contribution in [-0.4, -0.2) is 32.2 Å². The molecule has 2 fully saturated rings. The van der Waals surface area contributed by atoms with E-state index in [0.29, 0.717) is 27.5 Å². The molecule has 0 radical (unpaired) electrons. The van der Waals surface area contributed by atoms with Crippen LogP contribution in [0.15, 0.2) is 0 Å². The van der Waals surface area contributed by atoms with Gasteiger partial charge in [-0.25, -0.2) is 0 Å². The SMILES string of the molecule is CC(=O)Nc1nnc([C@H]2CC3(C[C@H](c4nnc(NC(C)=O)s4)C3)C2)s1. The molecule has 25 heavy (non-hydrogen) atoms. The van der Waals surface area contributed by atoms with Gasteiger partial charge in [0.05, 0.1) is 0 Å². The molecule has 0 aliphatic heterocycles. The number of nitrogens with zero attached hydrogens (tertiary/aromatic N) is 4. The van der Waals surface area contributed by atoms with E-state index in [9.17, 15) is 9.59 Å². The lowest BCUT2D eigenvalue weighted by Gasteiger charge is -2.56. The van der Waals surface area contributed by atoms with Gasteiger partial charge >= 0.3 is 0 Å². The van der Waals surface area contributed by atoms with Gasteiger partial charge in [-0.05, 0) is 31.1 Å². The van der Waals surface area contributed by atoms with Crippen molar-refractivity contribution in [3.63, 3.8) is 0 Å². The first-order chi connectivity index (χ1) is 11.9. The van der Waals surface area contributed by atoms with Gasteiger partial charge in [0.15, 0.2) is 0 Å². The van der Waals surface area contributed by atoms with E-state index in [1.54, 1.807) is 0 Å². The molecular formula is C15H18N6O2S2. The lowest BCUT2D eigenvalue weighted by atomic mass is 9.48. The van der Waals surface area contributed by atoms with Gasteiger partial charge < -0.3 is 10.6 Å². The minimum Gasteiger partial charge on any atom is -0.301 e. The maximum atomic E-state index is 11.1. The van der Waals surface area contributed by atoms with Crippen molar-refractivity contribution in [2.45, 2.75) is 51.4 Å². The summed E-state index contributed by atoms with van der Waals surface area (Å²) in [4.78, 5) is 22.1. The highest BCUT2D eigenvalue weighted by molar-refractivity contribution is 7.15. The average Bonchev–Trinajstić information content (AvgIpc) is 3.04. The van der Waals surface area contributed by atoms with Gasteiger partial charge in [0.1, 0.15) is 10.0 Å². The Bertz CT molecular complexity index is 748. The molecule has 2 aliphatic carbocycles. The van der Waals surface area contributed by atoms with E-state index in [-0.39, 0.29) is 11.8 Å². The van der Waals surface area contributed by atoms with Crippen molar-refractivity contribution < 1.29 is 9.59 Å². The van der Waals surface area contributed by atoms with Crippen LogP contribution in [0.2, 0.25) is 0 Å². The van der Waals surface area contributed by atoms with Gasteiger partial charge in [0.2, 0.25) is 22.1 Å². The fourth-order valence-corrected chi connectivity index (χ4v) is 5.63. The molecule has 0 saturated heterocycles. The number of carbonyl (C=O) groups is 2. The highest BCUT2D eigenvalue weighted by Crippen LogP contribution is 2.66. The molecule has 8 nitrogen and oxygen atoms in total. The van der Waals surface area contributed by atoms with Crippen LogP contribution in [0.4, 0.5) is 10.3 Å². The van der Waals surface area contributed by atoms with E-state index in [4.69, 9.17) is 0 Å². The van der Waals surface area contributed by atoms with Gasteiger partial charge in [0.25, 0.3) is 0 Å². The van der Waals surface area contributed by atoms with Crippen molar-refractivity contribution >= 4 is 44.8 Å². The number of rotatable bonds is 4. The molecule has 1 spiro atoms. The minimum atomic E-state index is -0.120. The molecule has 0 atom stereocenters. The Hall–Kier alpha value is -1.94. The summed E-state index contributed by atoms with van der Waals surface area (Å²) in [7, 11) is 0. The van der Waals surface area contributed by atoms with Crippen LogP contribution in [0, 0.1) is 5.41 Å². The zero-order chi connectivity index (χ0) is 17.6. The zero-order valence-electron chi connectivity index (χ0n) is 13.9. The van der Waals surface area contributed by atoms with Crippen LogP contribution in [0.1, 0.15) is 61.4 Å². The van der Waals surface area contributed by atoms with E-state index < -0.39 is 0 Å². The van der Waals surface area contributed by atoms with Crippen LogP contribution in [-0.2, 0) is 9.59 Å². The first-order valence-electron chi connectivity index (χ1n) is 8.14. The van der Waals surface area contributed by atoms with Crippen LogP contribution in [0.5, 0.6) is 0 Å². The maximum absolute atomic E-state index is 11.1. The van der Waals surface area contributed by atoms with Gasteiger partial charge in [-0.15, -0.1) is 20.4 Å². The minimum absolute atomic E-state index is 0.120. The van der Waals surface area contributed by atoms with E-state index in [1.165, 1.54) is 36.5 Å². The normalized spacial score (nSPS) is 27.4. The molecule has 0 bridgehead atoms. The van der Waals surface area contributed by atoms with Crippen LogP contribution in [0.25, 0.3) is 0 Å². The number of anilines is 2. The second-order valence-electron chi connectivity index (χ2n) is 6.96. The van der Waals surface area contributed by atoms with Crippen molar-refractivity contribution in [1.82, 2.24) is 20.4 Å². The molecule has 0 aromatic carbocycles. The summed E-state index contributed by atoms with van der Waals surface area (Å²) in [5.41, 5.74) is 0.398. The van der Waals surface area contributed by atoms with Gasteiger partial charge in [-0.1, -0.05) is 22.7 Å². The molecule has 0 unspecified atom stereocenters. The predicted octanol–water partition coefficient (Wildman–Crippen LogP) is 2.75. The van der Waals surface area contributed by atoms with Crippen LogP contribution < -0.4 is 10.6 Å². The largest absolute Gasteiger partial charge is 0.301 e. The van der Waals surface area contributed by atoms with Crippen LogP contribution in [0.3, 0.4) is 0 Å². The molecule has 2 heterocycles. The van der Waals surface area contributed by atoms with Crippen LogP contribution >= 0.6 is 22.7 Å². The van der Waals surface area contributed by atoms with Crippen molar-refractivity contribution in [2.24, 2.45) is 5.41 Å². The molecule has 10 heteroatoms. The molecule has 2 aromatic heterocycles. The van der Waals surface area contributed by atoms with E-state index in [0.717, 1.165) is 35.7 Å². The Labute approximate surface area is 152 Å². The van der Waals surface area contributed by atoms with E-state index in [2.05, 4.69) is 31.0 Å². The Morgan fingerprint density at radius 3 is 1.60 bits per heavy atom. The Balaban J connectivity index is 1.30. The molecular weight excluding hydrogens is 360 g/mol. The molecule has 2 saturated carbocycles. The summed E-state index contributed by atoms with van der Waals surface area (Å²) in [5.74, 6) is 0.659. The fourth-order valence-electron chi connectivity index (χ4n) is 3.86. The summed E-state index contributed by atoms with van der Waals surface area (Å²) < 4.78 is 0. The molecule has 2 N–H and O–H groups in total. The third kappa shape index (κ3) is 3.28. The fraction of sp³-hybridized carbons (Fsp3) is 0.600. The molecule has 2 aliphatic rings. The number of aromatic nitrogens is 4. The molecule has 132 valence electrons. The number of nitrogens with one attached hydrogen (secondary N) is 2. The molecule has 4 rings (SSSR count). The number of hydrogen-bond acceptors (Lipinski definition) is 8. The highest BCUT2D eigenvalue weighted by Gasteiger charge is 2.55. The van der Waals surface area contributed by atoms with E-state index >= 15 is 0 Å². The second kappa shape index (κ2) is 6.10. The lowest BCUT2D eigenvalue weighted by molar-refractivity contribution is -0.115. The first-order valence-corrected chi connectivity index (χ1v) is 9.78. The first kappa shape index (κ1) is 16.5. The third-order valence-corrected chi connectivity index (χ3v) is 6.87. The Kier molecular flexibility index (Phi) is 4.03. The van der Waals surface area contributed by atoms with Gasteiger partial charge in [-0.2, -0.15) is 0 Å². The summed E-state index contributed by atoms with van der Waals surface area (Å²) in [6.45, 7) is 2.94.